The Labute approximate surface area is 118 Å². The van der Waals surface area contributed by atoms with Crippen molar-refractivity contribution in [3.8, 4) is 0 Å². The SMILES string of the molecule is COC(=O)[C@H](NCc1cccc([N+](=O)[O-])c1)C(C)(C)C. The summed E-state index contributed by atoms with van der Waals surface area (Å²) in [6.45, 7) is 6.14. The maximum Gasteiger partial charge on any atom is 0.323 e. The molecule has 1 N–H and O–H groups in total. The molecular formula is C14H20N2O4. The van der Waals surface area contributed by atoms with E-state index in [0.717, 1.165) is 5.56 Å². The molecule has 110 valence electrons. The molecule has 1 aromatic carbocycles. The lowest BCUT2D eigenvalue weighted by molar-refractivity contribution is -0.384. The Hall–Kier alpha value is -1.95. The standard InChI is InChI=1S/C14H20N2O4/c1-14(2,3)12(13(17)20-4)15-9-10-6-5-7-11(8-10)16(18)19/h5-8,12,15H,9H2,1-4H3/t12-/m0/s1. The van der Waals surface area contributed by atoms with Crippen molar-refractivity contribution in [1.82, 2.24) is 5.32 Å². The van der Waals surface area contributed by atoms with Gasteiger partial charge in [0.1, 0.15) is 6.04 Å². The molecule has 0 bridgehead atoms. The van der Waals surface area contributed by atoms with Crippen LogP contribution in [0, 0.1) is 15.5 Å². The first-order valence-corrected chi connectivity index (χ1v) is 6.30. The van der Waals surface area contributed by atoms with Crippen LogP contribution in [0.15, 0.2) is 24.3 Å². The van der Waals surface area contributed by atoms with Crippen LogP contribution in [-0.2, 0) is 16.1 Å². The number of methoxy groups -OCH3 is 1. The third-order valence-electron chi connectivity index (χ3n) is 2.93. The van der Waals surface area contributed by atoms with Crippen molar-refractivity contribution in [2.45, 2.75) is 33.4 Å². The smallest absolute Gasteiger partial charge is 0.323 e. The molecule has 1 atom stereocenters. The highest BCUT2D eigenvalue weighted by molar-refractivity contribution is 5.76. The summed E-state index contributed by atoms with van der Waals surface area (Å²) in [5.74, 6) is -0.345. The molecule has 0 aromatic heterocycles. The Morgan fingerprint density at radius 3 is 2.60 bits per heavy atom. The van der Waals surface area contributed by atoms with Crippen molar-refractivity contribution in [2.24, 2.45) is 5.41 Å². The van der Waals surface area contributed by atoms with Crippen molar-refractivity contribution >= 4 is 11.7 Å². The number of nitrogens with one attached hydrogen (secondary N) is 1. The van der Waals surface area contributed by atoms with E-state index in [4.69, 9.17) is 4.74 Å². The summed E-state index contributed by atoms with van der Waals surface area (Å²) in [5, 5.41) is 13.8. The fourth-order valence-electron chi connectivity index (χ4n) is 1.86. The second kappa shape index (κ2) is 6.47. The zero-order chi connectivity index (χ0) is 15.3. The van der Waals surface area contributed by atoms with Gasteiger partial charge in [-0.1, -0.05) is 32.9 Å². The number of benzene rings is 1. The zero-order valence-electron chi connectivity index (χ0n) is 12.2. The van der Waals surface area contributed by atoms with E-state index < -0.39 is 11.0 Å². The van der Waals surface area contributed by atoms with Crippen molar-refractivity contribution in [2.75, 3.05) is 7.11 Å². The Morgan fingerprint density at radius 1 is 1.45 bits per heavy atom. The van der Waals surface area contributed by atoms with E-state index in [1.807, 2.05) is 20.8 Å². The molecule has 0 aliphatic rings. The van der Waals surface area contributed by atoms with Gasteiger partial charge in [-0.25, -0.2) is 0 Å². The summed E-state index contributed by atoms with van der Waals surface area (Å²) < 4.78 is 4.78. The molecule has 0 unspecified atom stereocenters. The van der Waals surface area contributed by atoms with Gasteiger partial charge in [0, 0.05) is 18.7 Å². The number of hydrogen-bond donors (Lipinski definition) is 1. The molecule has 1 aromatic rings. The van der Waals surface area contributed by atoms with E-state index in [-0.39, 0.29) is 17.1 Å². The first kappa shape index (κ1) is 16.1. The van der Waals surface area contributed by atoms with Crippen LogP contribution in [0.5, 0.6) is 0 Å². The topological polar surface area (TPSA) is 81.5 Å². The number of nitrogens with zero attached hydrogens (tertiary/aromatic N) is 1. The third kappa shape index (κ3) is 4.31. The second-order valence-corrected chi connectivity index (χ2v) is 5.63. The van der Waals surface area contributed by atoms with Gasteiger partial charge in [0.2, 0.25) is 0 Å². The van der Waals surface area contributed by atoms with Gasteiger partial charge in [-0.05, 0) is 11.0 Å². The largest absolute Gasteiger partial charge is 0.468 e. The van der Waals surface area contributed by atoms with E-state index in [1.54, 1.807) is 12.1 Å². The highest BCUT2D eigenvalue weighted by atomic mass is 16.6. The highest BCUT2D eigenvalue weighted by Crippen LogP contribution is 2.21. The molecule has 1 rings (SSSR count). The summed E-state index contributed by atoms with van der Waals surface area (Å²) in [6.07, 6.45) is 0. The van der Waals surface area contributed by atoms with Crippen LogP contribution in [0.3, 0.4) is 0 Å². The third-order valence-corrected chi connectivity index (χ3v) is 2.93. The number of hydrogen-bond acceptors (Lipinski definition) is 5. The molecular weight excluding hydrogens is 260 g/mol. The van der Waals surface area contributed by atoms with Gasteiger partial charge in [0.25, 0.3) is 5.69 Å². The first-order chi connectivity index (χ1) is 9.25. The molecule has 0 fully saturated rings. The van der Waals surface area contributed by atoms with Crippen LogP contribution >= 0.6 is 0 Å². The maximum absolute atomic E-state index is 11.8. The molecule has 0 aliphatic carbocycles. The molecule has 0 radical (unpaired) electrons. The molecule has 20 heavy (non-hydrogen) atoms. The molecule has 0 spiro atoms. The van der Waals surface area contributed by atoms with Gasteiger partial charge in [-0.3, -0.25) is 20.2 Å². The number of esters is 1. The molecule has 0 heterocycles. The number of nitro groups is 1. The maximum atomic E-state index is 11.8. The minimum atomic E-state index is -0.480. The fraction of sp³-hybridized carbons (Fsp3) is 0.500. The quantitative estimate of drug-likeness (QED) is 0.508. The number of carbonyl (C=O) groups excluding carboxylic acids is 1. The molecule has 0 aliphatic heterocycles. The van der Waals surface area contributed by atoms with E-state index in [1.165, 1.54) is 19.2 Å². The summed E-state index contributed by atoms with van der Waals surface area (Å²) in [4.78, 5) is 22.0. The van der Waals surface area contributed by atoms with Crippen LogP contribution in [0.1, 0.15) is 26.3 Å². The van der Waals surface area contributed by atoms with Crippen LogP contribution < -0.4 is 5.32 Å². The van der Waals surface area contributed by atoms with Crippen molar-refractivity contribution < 1.29 is 14.5 Å². The van der Waals surface area contributed by atoms with E-state index >= 15 is 0 Å². The van der Waals surface area contributed by atoms with Gasteiger partial charge in [0.05, 0.1) is 12.0 Å². The van der Waals surface area contributed by atoms with Gasteiger partial charge >= 0.3 is 5.97 Å². The lowest BCUT2D eigenvalue weighted by Gasteiger charge is -2.29. The molecule has 6 heteroatoms. The summed E-state index contributed by atoms with van der Waals surface area (Å²) in [5.41, 5.74) is 0.473. The monoisotopic (exact) mass is 280 g/mol. The van der Waals surface area contributed by atoms with Crippen LogP contribution in [0.25, 0.3) is 0 Å². The summed E-state index contributed by atoms with van der Waals surface area (Å²) >= 11 is 0. The van der Waals surface area contributed by atoms with Gasteiger partial charge in [-0.2, -0.15) is 0 Å². The highest BCUT2D eigenvalue weighted by Gasteiger charge is 2.31. The summed E-state index contributed by atoms with van der Waals surface area (Å²) in [6, 6.07) is 5.84. The normalized spacial score (nSPS) is 12.8. The molecule has 0 saturated carbocycles. The Bertz CT molecular complexity index is 494. The number of nitro benzene ring substituents is 1. The predicted molar refractivity (Wildman–Crippen MR) is 75.2 cm³/mol. The Kier molecular flexibility index (Phi) is 5.21. The average molecular weight is 280 g/mol. The Morgan fingerprint density at radius 2 is 2.10 bits per heavy atom. The second-order valence-electron chi connectivity index (χ2n) is 5.63. The minimum absolute atomic E-state index is 0.0367. The minimum Gasteiger partial charge on any atom is -0.468 e. The van der Waals surface area contributed by atoms with Crippen LogP contribution in [0.4, 0.5) is 5.69 Å². The van der Waals surface area contributed by atoms with Crippen LogP contribution in [-0.4, -0.2) is 24.0 Å². The van der Waals surface area contributed by atoms with E-state index in [0.29, 0.717) is 6.54 Å². The average Bonchev–Trinajstić information content (AvgIpc) is 2.37. The zero-order valence-corrected chi connectivity index (χ0v) is 12.2. The van der Waals surface area contributed by atoms with E-state index in [9.17, 15) is 14.9 Å². The number of rotatable bonds is 5. The van der Waals surface area contributed by atoms with E-state index in [2.05, 4.69) is 5.32 Å². The number of carbonyl (C=O) groups is 1. The van der Waals surface area contributed by atoms with Crippen LogP contribution in [0.2, 0.25) is 0 Å². The molecule has 0 saturated heterocycles. The van der Waals surface area contributed by atoms with Crippen molar-refractivity contribution in [3.63, 3.8) is 0 Å². The Balaban J connectivity index is 2.80. The summed E-state index contributed by atoms with van der Waals surface area (Å²) in [7, 11) is 1.34. The first-order valence-electron chi connectivity index (χ1n) is 6.30. The lowest BCUT2D eigenvalue weighted by Crippen LogP contribution is -2.46. The molecule has 6 nitrogen and oxygen atoms in total. The molecule has 0 amide bonds. The number of ether oxygens (including phenoxy) is 1. The number of non-ortho nitro benzene ring substituents is 1. The lowest BCUT2D eigenvalue weighted by atomic mass is 9.86. The predicted octanol–water partition coefficient (Wildman–Crippen LogP) is 2.27. The van der Waals surface area contributed by atoms with Gasteiger partial charge in [-0.15, -0.1) is 0 Å². The van der Waals surface area contributed by atoms with Crippen molar-refractivity contribution in [1.29, 1.82) is 0 Å². The fourth-order valence-corrected chi connectivity index (χ4v) is 1.86. The van der Waals surface area contributed by atoms with Gasteiger partial charge in [0.15, 0.2) is 0 Å². The van der Waals surface area contributed by atoms with Gasteiger partial charge < -0.3 is 4.74 Å². The van der Waals surface area contributed by atoms with Crippen molar-refractivity contribution in [3.05, 3.63) is 39.9 Å².